The van der Waals surface area contributed by atoms with Crippen molar-refractivity contribution >= 4 is 22.7 Å². The van der Waals surface area contributed by atoms with Gasteiger partial charge in [0.05, 0.1) is 17.7 Å². The number of nitrogen functional groups attached to an aromatic ring is 1. The lowest BCUT2D eigenvalue weighted by molar-refractivity contribution is 0.165. The van der Waals surface area contributed by atoms with E-state index in [0.717, 1.165) is 22.0 Å². The van der Waals surface area contributed by atoms with Crippen molar-refractivity contribution in [1.82, 2.24) is 9.97 Å². The molecule has 5 heteroatoms. The highest BCUT2D eigenvalue weighted by Gasteiger charge is 2.31. The minimum Gasteiger partial charge on any atom is -0.390 e. The number of nitrogens with one attached hydrogen (secondary N) is 1. The highest BCUT2D eigenvalue weighted by atomic mass is 16.3. The van der Waals surface area contributed by atoms with Gasteiger partial charge in [-0.1, -0.05) is 36.4 Å². The normalized spacial score (nSPS) is 20.0. The van der Waals surface area contributed by atoms with Gasteiger partial charge in [-0.3, -0.25) is 0 Å². The van der Waals surface area contributed by atoms with Crippen LogP contribution in [0.1, 0.15) is 17.2 Å². The zero-order valence-electron chi connectivity index (χ0n) is 11.9. The smallest absolute Gasteiger partial charge is 0.225 e. The molecular formula is C17H16N4O. The van der Waals surface area contributed by atoms with Crippen molar-refractivity contribution in [3.63, 3.8) is 0 Å². The van der Waals surface area contributed by atoms with Crippen molar-refractivity contribution in [2.24, 2.45) is 0 Å². The summed E-state index contributed by atoms with van der Waals surface area (Å²) < 4.78 is 0. The number of fused-ring (bicyclic) bond motifs is 2. The molecule has 110 valence electrons. The number of nitrogens with zero attached hydrogens (tertiary/aromatic N) is 2. The first-order chi connectivity index (χ1) is 10.7. The Kier molecular flexibility index (Phi) is 2.94. The molecule has 1 aliphatic rings. The Morgan fingerprint density at radius 2 is 1.82 bits per heavy atom. The number of aliphatic hydroxyl groups excluding tert-OH is 1. The average molecular weight is 292 g/mol. The molecule has 0 amide bonds. The molecule has 0 radical (unpaired) electrons. The summed E-state index contributed by atoms with van der Waals surface area (Å²) in [5.74, 6) is 0.880. The first-order valence-corrected chi connectivity index (χ1v) is 7.27. The van der Waals surface area contributed by atoms with E-state index >= 15 is 0 Å². The van der Waals surface area contributed by atoms with Gasteiger partial charge in [0.2, 0.25) is 5.95 Å². The summed E-state index contributed by atoms with van der Waals surface area (Å²) in [6.07, 6.45) is 0.144. The van der Waals surface area contributed by atoms with Gasteiger partial charge in [0.25, 0.3) is 0 Å². The third kappa shape index (κ3) is 2.07. The van der Waals surface area contributed by atoms with Gasteiger partial charge in [-0.05, 0) is 23.3 Å². The second kappa shape index (κ2) is 4.96. The second-order valence-corrected chi connectivity index (χ2v) is 5.54. The summed E-state index contributed by atoms with van der Waals surface area (Å²) in [5.41, 5.74) is 9.04. The third-order valence-corrected chi connectivity index (χ3v) is 4.12. The molecule has 5 nitrogen and oxygen atoms in total. The van der Waals surface area contributed by atoms with Crippen LogP contribution in [0, 0.1) is 0 Å². The van der Waals surface area contributed by atoms with Gasteiger partial charge in [-0.25, -0.2) is 4.98 Å². The van der Waals surface area contributed by atoms with Gasteiger partial charge in [0, 0.05) is 11.8 Å². The number of hydrogen-bond acceptors (Lipinski definition) is 5. The summed E-state index contributed by atoms with van der Waals surface area (Å²) in [5, 5.41) is 14.4. The zero-order chi connectivity index (χ0) is 15.1. The van der Waals surface area contributed by atoms with Crippen LogP contribution < -0.4 is 11.1 Å². The Balaban J connectivity index is 1.72. The topological polar surface area (TPSA) is 84.1 Å². The van der Waals surface area contributed by atoms with Crippen LogP contribution >= 0.6 is 0 Å². The maximum absolute atomic E-state index is 10.3. The van der Waals surface area contributed by atoms with Crippen molar-refractivity contribution in [2.75, 3.05) is 11.1 Å². The van der Waals surface area contributed by atoms with E-state index in [4.69, 9.17) is 5.73 Å². The monoisotopic (exact) mass is 292 g/mol. The fourth-order valence-electron chi connectivity index (χ4n) is 3.05. The molecule has 0 aliphatic heterocycles. The molecule has 0 fully saturated rings. The number of aromatic nitrogens is 2. The SMILES string of the molecule is Nc1nc(N[C@H]2c3ccccc3C[C@H]2O)nc2ccccc12. The molecule has 22 heavy (non-hydrogen) atoms. The van der Waals surface area contributed by atoms with E-state index in [-0.39, 0.29) is 6.04 Å². The largest absolute Gasteiger partial charge is 0.390 e. The summed E-state index contributed by atoms with van der Waals surface area (Å²) in [6, 6.07) is 15.4. The number of hydrogen-bond donors (Lipinski definition) is 3. The van der Waals surface area contributed by atoms with E-state index in [2.05, 4.69) is 15.3 Å². The van der Waals surface area contributed by atoms with Crippen molar-refractivity contribution < 1.29 is 5.11 Å². The molecule has 0 saturated heterocycles. The Hall–Kier alpha value is -2.66. The van der Waals surface area contributed by atoms with Crippen LogP contribution in [-0.4, -0.2) is 21.2 Å². The fourth-order valence-corrected chi connectivity index (χ4v) is 3.05. The Morgan fingerprint density at radius 3 is 2.73 bits per heavy atom. The van der Waals surface area contributed by atoms with E-state index in [9.17, 15) is 5.11 Å². The standard InChI is InChI=1S/C17H16N4O/c18-16-12-7-3-4-8-13(12)19-17(21-16)20-15-11-6-2-1-5-10(11)9-14(15)22/h1-8,14-15,22H,9H2,(H3,18,19,20,21)/t14-,15+/m1/s1. The van der Waals surface area contributed by atoms with E-state index in [1.165, 1.54) is 0 Å². The predicted octanol–water partition coefficient (Wildman–Crippen LogP) is 2.28. The van der Waals surface area contributed by atoms with Crippen LogP contribution in [0.25, 0.3) is 10.9 Å². The first kappa shape index (κ1) is 13.0. The number of rotatable bonds is 2. The van der Waals surface area contributed by atoms with E-state index < -0.39 is 6.10 Å². The lowest BCUT2D eigenvalue weighted by Crippen LogP contribution is -2.22. The summed E-state index contributed by atoms with van der Waals surface area (Å²) in [4.78, 5) is 8.81. The summed E-state index contributed by atoms with van der Waals surface area (Å²) in [7, 11) is 0. The summed E-state index contributed by atoms with van der Waals surface area (Å²) >= 11 is 0. The van der Waals surface area contributed by atoms with Crippen LogP contribution in [0.3, 0.4) is 0 Å². The van der Waals surface area contributed by atoms with Gasteiger partial charge in [-0.15, -0.1) is 0 Å². The highest BCUT2D eigenvalue weighted by Crippen LogP contribution is 2.33. The molecule has 0 spiro atoms. The lowest BCUT2D eigenvalue weighted by Gasteiger charge is -2.18. The first-order valence-electron chi connectivity index (χ1n) is 7.27. The number of anilines is 2. The highest BCUT2D eigenvalue weighted by molar-refractivity contribution is 5.88. The van der Waals surface area contributed by atoms with Gasteiger partial charge in [0.15, 0.2) is 0 Å². The van der Waals surface area contributed by atoms with Crippen LogP contribution in [0.15, 0.2) is 48.5 Å². The molecule has 0 bridgehead atoms. The zero-order valence-corrected chi connectivity index (χ0v) is 11.9. The molecule has 1 aliphatic carbocycles. The third-order valence-electron chi connectivity index (χ3n) is 4.12. The quantitative estimate of drug-likeness (QED) is 0.675. The molecule has 2 atom stereocenters. The van der Waals surface area contributed by atoms with E-state index in [0.29, 0.717) is 18.2 Å². The molecule has 4 N–H and O–H groups in total. The van der Waals surface area contributed by atoms with E-state index in [1.807, 2.05) is 48.5 Å². The number of benzene rings is 2. The van der Waals surface area contributed by atoms with Gasteiger partial charge in [-0.2, -0.15) is 4.98 Å². The maximum Gasteiger partial charge on any atom is 0.225 e. The fraction of sp³-hybridized carbons (Fsp3) is 0.176. The van der Waals surface area contributed by atoms with Gasteiger partial charge < -0.3 is 16.2 Å². The van der Waals surface area contributed by atoms with Crippen LogP contribution in [0.5, 0.6) is 0 Å². The minimum absolute atomic E-state index is 0.211. The average Bonchev–Trinajstić information content (AvgIpc) is 2.84. The molecular weight excluding hydrogens is 276 g/mol. The van der Waals surface area contributed by atoms with Crippen molar-refractivity contribution in [2.45, 2.75) is 18.6 Å². The van der Waals surface area contributed by atoms with Gasteiger partial charge >= 0.3 is 0 Å². The molecule has 0 saturated carbocycles. The van der Waals surface area contributed by atoms with E-state index in [1.54, 1.807) is 0 Å². The summed E-state index contributed by atoms with van der Waals surface area (Å²) in [6.45, 7) is 0. The Morgan fingerprint density at radius 1 is 1.05 bits per heavy atom. The van der Waals surface area contributed by atoms with Crippen molar-refractivity contribution in [3.8, 4) is 0 Å². The number of para-hydroxylation sites is 1. The Labute approximate surface area is 127 Å². The van der Waals surface area contributed by atoms with Crippen molar-refractivity contribution in [3.05, 3.63) is 59.7 Å². The molecule has 2 aromatic carbocycles. The molecule has 1 aromatic heterocycles. The number of nitrogens with two attached hydrogens (primary N) is 1. The van der Waals surface area contributed by atoms with Crippen LogP contribution in [0.4, 0.5) is 11.8 Å². The minimum atomic E-state index is -0.492. The van der Waals surface area contributed by atoms with Crippen molar-refractivity contribution in [1.29, 1.82) is 0 Å². The van der Waals surface area contributed by atoms with Crippen LogP contribution in [-0.2, 0) is 6.42 Å². The molecule has 0 unspecified atom stereocenters. The molecule has 4 rings (SSSR count). The molecule has 1 heterocycles. The Bertz CT molecular complexity index is 849. The van der Waals surface area contributed by atoms with Gasteiger partial charge in [0.1, 0.15) is 5.82 Å². The maximum atomic E-state index is 10.3. The molecule has 3 aromatic rings. The predicted molar refractivity (Wildman–Crippen MR) is 86.5 cm³/mol. The number of aliphatic hydroxyl groups is 1. The second-order valence-electron chi connectivity index (χ2n) is 5.54. The van der Waals surface area contributed by atoms with Crippen LogP contribution in [0.2, 0.25) is 0 Å². The lowest BCUT2D eigenvalue weighted by atomic mass is 10.1.